The number of rotatable bonds is 1. The van der Waals surface area contributed by atoms with Crippen LogP contribution in [0.2, 0.25) is 0 Å². The maximum Gasteiger partial charge on any atom is 0.416 e. The quantitative estimate of drug-likeness (QED) is 0.809. The molecule has 1 aliphatic rings. The third-order valence-corrected chi connectivity index (χ3v) is 3.88. The van der Waals surface area contributed by atoms with Crippen LogP contribution in [0.1, 0.15) is 12.5 Å². The van der Waals surface area contributed by atoms with Crippen molar-refractivity contribution in [3.8, 4) is 0 Å². The van der Waals surface area contributed by atoms with E-state index in [-0.39, 0.29) is 5.91 Å². The lowest BCUT2D eigenvalue weighted by Gasteiger charge is -2.36. The number of carbonyl (C=O) groups excluding carboxylic acids is 1. The second kappa shape index (κ2) is 5.19. The van der Waals surface area contributed by atoms with Crippen molar-refractivity contribution in [1.82, 2.24) is 14.3 Å². The van der Waals surface area contributed by atoms with E-state index in [4.69, 9.17) is 0 Å². The number of fused-ring (bicyclic) bond motifs is 1. The van der Waals surface area contributed by atoms with Crippen LogP contribution in [0.3, 0.4) is 0 Å². The number of amides is 1. The molecule has 0 saturated carbocycles. The summed E-state index contributed by atoms with van der Waals surface area (Å²) in [6, 6.07) is 2.22. The van der Waals surface area contributed by atoms with E-state index < -0.39 is 11.7 Å². The molecule has 1 aliphatic heterocycles. The maximum atomic E-state index is 13.0. The molecule has 1 fully saturated rings. The fourth-order valence-corrected chi connectivity index (χ4v) is 2.67. The van der Waals surface area contributed by atoms with Crippen molar-refractivity contribution >= 4 is 17.2 Å². The Kier molecular flexibility index (Phi) is 3.46. The van der Waals surface area contributed by atoms with E-state index in [2.05, 4.69) is 4.98 Å². The van der Waals surface area contributed by atoms with Gasteiger partial charge in [-0.2, -0.15) is 13.2 Å². The average Bonchev–Trinajstić information content (AvgIpc) is 2.93. The van der Waals surface area contributed by atoms with Crippen molar-refractivity contribution in [3.05, 3.63) is 30.2 Å². The minimum Gasteiger partial charge on any atom is -0.354 e. The number of anilines is 1. The number of hydrogen-bond acceptors (Lipinski definition) is 3. The van der Waals surface area contributed by atoms with E-state index in [0.29, 0.717) is 37.5 Å². The van der Waals surface area contributed by atoms with Gasteiger partial charge in [0, 0.05) is 33.1 Å². The molecular weight excluding hydrogens is 297 g/mol. The summed E-state index contributed by atoms with van der Waals surface area (Å²) in [5.41, 5.74) is -0.289. The number of alkyl halides is 3. The molecule has 0 radical (unpaired) electrons. The van der Waals surface area contributed by atoms with E-state index in [0.717, 1.165) is 12.1 Å². The molecule has 0 aliphatic carbocycles. The summed E-state index contributed by atoms with van der Waals surface area (Å²) in [7, 11) is 0. The van der Waals surface area contributed by atoms with Crippen LogP contribution in [0.4, 0.5) is 19.0 Å². The molecule has 0 unspecified atom stereocenters. The summed E-state index contributed by atoms with van der Waals surface area (Å²) in [4.78, 5) is 18.8. The highest BCUT2D eigenvalue weighted by molar-refractivity contribution is 5.73. The van der Waals surface area contributed by atoms with E-state index in [1.54, 1.807) is 9.30 Å². The number of imidazole rings is 1. The monoisotopic (exact) mass is 312 g/mol. The van der Waals surface area contributed by atoms with Crippen LogP contribution >= 0.6 is 0 Å². The van der Waals surface area contributed by atoms with Gasteiger partial charge in [0.2, 0.25) is 5.91 Å². The number of piperazine rings is 1. The van der Waals surface area contributed by atoms with Gasteiger partial charge >= 0.3 is 6.18 Å². The lowest BCUT2D eigenvalue weighted by Crippen LogP contribution is -2.48. The maximum absolute atomic E-state index is 13.0. The summed E-state index contributed by atoms with van der Waals surface area (Å²) in [6.45, 7) is 3.49. The molecule has 3 rings (SSSR count). The van der Waals surface area contributed by atoms with Gasteiger partial charge in [-0.15, -0.1) is 0 Å². The van der Waals surface area contributed by atoms with Crippen molar-refractivity contribution in [2.75, 3.05) is 31.1 Å². The fourth-order valence-electron chi connectivity index (χ4n) is 2.67. The Balaban J connectivity index is 1.96. The van der Waals surface area contributed by atoms with Crippen LogP contribution in [0.15, 0.2) is 24.7 Å². The normalized spacial score (nSPS) is 16.4. The van der Waals surface area contributed by atoms with E-state index in [1.807, 2.05) is 4.90 Å². The van der Waals surface area contributed by atoms with Gasteiger partial charge in [-0.25, -0.2) is 4.98 Å². The van der Waals surface area contributed by atoms with Crippen LogP contribution in [0.5, 0.6) is 0 Å². The SMILES string of the molecule is CC(=O)N1CCN(c2cc(C(F)(F)F)cc3cncn23)CC1. The summed E-state index contributed by atoms with van der Waals surface area (Å²) >= 11 is 0. The Morgan fingerprint density at radius 1 is 1.18 bits per heavy atom. The number of carbonyl (C=O) groups is 1. The average molecular weight is 312 g/mol. The lowest BCUT2D eigenvalue weighted by atomic mass is 10.2. The van der Waals surface area contributed by atoms with E-state index >= 15 is 0 Å². The fraction of sp³-hybridized carbons (Fsp3) is 0.429. The molecule has 3 heterocycles. The molecule has 22 heavy (non-hydrogen) atoms. The molecule has 8 heteroatoms. The molecule has 2 aromatic heterocycles. The summed E-state index contributed by atoms with van der Waals surface area (Å²) in [6.07, 6.45) is -1.49. The summed E-state index contributed by atoms with van der Waals surface area (Å²) in [5, 5.41) is 0. The molecule has 0 spiro atoms. The van der Waals surface area contributed by atoms with Gasteiger partial charge in [0.15, 0.2) is 0 Å². The second-order valence-electron chi connectivity index (χ2n) is 5.28. The van der Waals surface area contributed by atoms with Gasteiger partial charge in [0.1, 0.15) is 12.1 Å². The van der Waals surface area contributed by atoms with E-state index in [1.165, 1.54) is 19.4 Å². The predicted molar refractivity (Wildman–Crippen MR) is 74.7 cm³/mol. The molecular formula is C14H15F3N4O. The number of nitrogens with zero attached hydrogens (tertiary/aromatic N) is 4. The molecule has 0 bridgehead atoms. The highest BCUT2D eigenvalue weighted by Crippen LogP contribution is 2.33. The zero-order valence-electron chi connectivity index (χ0n) is 12.0. The molecule has 0 atom stereocenters. The zero-order chi connectivity index (χ0) is 15.9. The second-order valence-corrected chi connectivity index (χ2v) is 5.28. The van der Waals surface area contributed by atoms with Crippen LogP contribution in [0, 0.1) is 0 Å². The van der Waals surface area contributed by atoms with Gasteiger partial charge in [-0.1, -0.05) is 0 Å². The summed E-state index contributed by atoms with van der Waals surface area (Å²) < 4.78 is 40.7. The highest BCUT2D eigenvalue weighted by atomic mass is 19.4. The van der Waals surface area contributed by atoms with Crippen LogP contribution in [-0.4, -0.2) is 46.4 Å². The Bertz CT molecular complexity index is 702. The van der Waals surface area contributed by atoms with Gasteiger partial charge in [0.25, 0.3) is 0 Å². The first-order chi connectivity index (χ1) is 10.4. The number of pyridine rings is 1. The molecule has 1 amide bonds. The first-order valence-corrected chi connectivity index (χ1v) is 6.90. The van der Waals surface area contributed by atoms with Crippen molar-refractivity contribution < 1.29 is 18.0 Å². The molecule has 118 valence electrons. The number of halogens is 3. The Hall–Kier alpha value is -2.25. The van der Waals surface area contributed by atoms with Gasteiger partial charge in [-0.3, -0.25) is 9.20 Å². The van der Waals surface area contributed by atoms with Gasteiger partial charge in [-0.05, 0) is 12.1 Å². The minimum absolute atomic E-state index is 0.0172. The first-order valence-electron chi connectivity index (χ1n) is 6.90. The topological polar surface area (TPSA) is 40.9 Å². The molecule has 5 nitrogen and oxygen atoms in total. The minimum atomic E-state index is -4.40. The first kappa shape index (κ1) is 14.7. The molecule has 1 saturated heterocycles. The van der Waals surface area contributed by atoms with Crippen LogP contribution in [-0.2, 0) is 11.0 Å². The molecule has 0 aromatic carbocycles. The smallest absolute Gasteiger partial charge is 0.354 e. The third kappa shape index (κ3) is 2.60. The van der Waals surface area contributed by atoms with Crippen LogP contribution < -0.4 is 4.90 Å². The van der Waals surface area contributed by atoms with E-state index in [9.17, 15) is 18.0 Å². The number of hydrogen-bond donors (Lipinski definition) is 0. The number of aromatic nitrogens is 2. The van der Waals surface area contributed by atoms with Crippen molar-refractivity contribution in [1.29, 1.82) is 0 Å². The lowest BCUT2D eigenvalue weighted by molar-refractivity contribution is -0.137. The highest BCUT2D eigenvalue weighted by Gasteiger charge is 2.32. The van der Waals surface area contributed by atoms with Gasteiger partial charge in [0.05, 0.1) is 17.3 Å². The standard InChI is InChI=1S/C14H15F3N4O/c1-10(22)19-2-4-20(5-3-19)13-7-11(14(15,16)17)6-12-8-18-9-21(12)13/h6-9H,2-5H2,1H3. The molecule has 0 N–H and O–H groups in total. The Morgan fingerprint density at radius 3 is 2.45 bits per heavy atom. The summed E-state index contributed by atoms with van der Waals surface area (Å²) in [5.74, 6) is 0.432. The third-order valence-electron chi connectivity index (χ3n) is 3.88. The Morgan fingerprint density at radius 2 is 1.86 bits per heavy atom. The van der Waals surface area contributed by atoms with Crippen molar-refractivity contribution in [2.24, 2.45) is 0 Å². The van der Waals surface area contributed by atoms with Crippen molar-refractivity contribution in [2.45, 2.75) is 13.1 Å². The zero-order valence-corrected chi connectivity index (χ0v) is 12.0. The Labute approximate surface area is 124 Å². The molecule has 2 aromatic rings. The van der Waals surface area contributed by atoms with Crippen LogP contribution in [0.25, 0.3) is 5.52 Å². The van der Waals surface area contributed by atoms with Gasteiger partial charge < -0.3 is 9.80 Å². The van der Waals surface area contributed by atoms with Crippen molar-refractivity contribution in [3.63, 3.8) is 0 Å². The predicted octanol–water partition coefficient (Wildman–Crippen LogP) is 2.02. The largest absolute Gasteiger partial charge is 0.416 e.